The zero-order valence-electron chi connectivity index (χ0n) is 15.6. The van der Waals surface area contributed by atoms with Gasteiger partial charge in [-0.2, -0.15) is 4.80 Å². The van der Waals surface area contributed by atoms with Crippen molar-refractivity contribution in [3.05, 3.63) is 65.5 Å². The molecule has 1 amide bonds. The number of hydrogen-bond donors (Lipinski definition) is 1. The van der Waals surface area contributed by atoms with Crippen molar-refractivity contribution in [1.82, 2.24) is 25.5 Å². The number of halogens is 1. The Labute approximate surface area is 157 Å². The summed E-state index contributed by atoms with van der Waals surface area (Å²) in [5, 5.41) is 15.1. The lowest BCUT2D eigenvalue weighted by Crippen LogP contribution is -2.34. The molecule has 0 saturated carbocycles. The third-order valence-corrected chi connectivity index (χ3v) is 4.30. The van der Waals surface area contributed by atoms with Crippen LogP contribution in [-0.4, -0.2) is 26.1 Å². The van der Waals surface area contributed by atoms with Gasteiger partial charge in [0.25, 0.3) is 0 Å². The highest BCUT2D eigenvalue weighted by atomic mass is 19.1. The van der Waals surface area contributed by atoms with Gasteiger partial charge in [-0.15, -0.1) is 10.2 Å². The second-order valence-electron chi connectivity index (χ2n) is 6.81. The summed E-state index contributed by atoms with van der Waals surface area (Å²) in [7, 11) is 0. The minimum absolute atomic E-state index is 0.0385. The summed E-state index contributed by atoms with van der Waals surface area (Å²) >= 11 is 0. The van der Waals surface area contributed by atoms with Crippen LogP contribution >= 0.6 is 0 Å². The van der Waals surface area contributed by atoms with Gasteiger partial charge in [-0.1, -0.05) is 44.2 Å². The second kappa shape index (κ2) is 8.07. The fraction of sp³-hybridized carbons (Fsp3) is 0.300. The number of aryl methyl sites for hydroxylation is 1. The summed E-state index contributed by atoms with van der Waals surface area (Å²) in [5.74, 6) is 0.107. The Hall–Kier alpha value is -3.09. The molecular formula is C20H22FN5O. The largest absolute Gasteiger partial charge is 0.347 e. The first kappa shape index (κ1) is 18.7. The van der Waals surface area contributed by atoms with Crippen LogP contribution in [-0.2, 0) is 11.3 Å². The van der Waals surface area contributed by atoms with Crippen molar-refractivity contribution in [2.75, 3.05) is 0 Å². The van der Waals surface area contributed by atoms with Crippen LogP contribution in [0.5, 0.6) is 0 Å². The molecule has 2 aromatic carbocycles. The minimum Gasteiger partial charge on any atom is -0.347 e. The van der Waals surface area contributed by atoms with E-state index in [9.17, 15) is 9.18 Å². The zero-order valence-corrected chi connectivity index (χ0v) is 15.6. The van der Waals surface area contributed by atoms with Crippen molar-refractivity contribution < 1.29 is 9.18 Å². The Morgan fingerprint density at radius 1 is 1.19 bits per heavy atom. The lowest BCUT2D eigenvalue weighted by atomic mass is 9.96. The van der Waals surface area contributed by atoms with Gasteiger partial charge in [-0.25, -0.2) is 4.39 Å². The second-order valence-corrected chi connectivity index (χ2v) is 6.81. The van der Waals surface area contributed by atoms with E-state index in [0.29, 0.717) is 17.0 Å². The first-order chi connectivity index (χ1) is 12.9. The van der Waals surface area contributed by atoms with Gasteiger partial charge in [0.2, 0.25) is 11.7 Å². The molecule has 1 heterocycles. The van der Waals surface area contributed by atoms with E-state index >= 15 is 0 Å². The molecule has 27 heavy (non-hydrogen) atoms. The number of benzene rings is 2. The van der Waals surface area contributed by atoms with Gasteiger partial charge in [0.15, 0.2) is 0 Å². The number of amides is 1. The molecule has 3 aromatic rings. The first-order valence-electron chi connectivity index (χ1n) is 8.82. The summed E-state index contributed by atoms with van der Waals surface area (Å²) in [5.41, 5.74) is 2.21. The third-order valence-electron chi connectivity index (χ3n) is 4.30. The van der Waals surface area contributed by atoms with Crippen molar-refractivity contribution in [2.45, 2.75) is 33.4 Å². The van der Waals surface area contributed by atoms with Crippen LogP contribution in [0.1, 0.15) is 31.0 Å². The number of nitrogens with zero attached hydrogens (tertiary/aromatic N) is 4. The number of carbonyl (C=O) groups excluding carboxylic acids is 1. The summed E-state index contributed by atoms with van der Waals surface area (Å²) in [6, 6.07) is 14.4. The van der Waals surface area contributed by atoms with E-state index < -0.39 is 0 Å². The fourth-order valence-electron chi connectivity index (χ4n) is 2.85. The minimum atomic E-state index is -0.286. The monoisotopic (exact) mass is 367 g/mol. The molecule has 0 radical (unpaired) electrons. The Balaban J connectivity index is 1.69. The Bertz CT molecular complexity index is 923. The van der Waals surface area contributed by atoms with Crippen LogP contribution in [0.25, 0.3) is 11.4 Å². The highest BCUT2D eigenvalue weighted by molar-refractivity contribution is 5.76. The summed E-state index contributed by atoms with van der Waals surface area (Å²) in [6.07, 6.45) is 0. The average Bonchev–Trinajstić information content (AvgIpc) is 3.11. The van der Waals surface area contributed by atoms with Crippen molar-refractivity contribution in [3.63, 3.8) is 0 Å². The molecule has 0 unspecified atom stereocenters. The molecule has 0 bridgehead atoms. The maximum absolute atomic E-state index is 13.4. The van der Waals surface area contributed by atoms with Gasteiger partial charge < -0.3 is 5.32 Å². The maximum atomic E-state index is 13.4. The summed E-state index contributed by atoms with van der Waals surface area (Å²) < 4.78 is 13.4. The van der Waals surface area contributed by atoms with Crippen molar-refractivity contribution in [1.29, 1.82) is 0 Å². The van der Waals surface area contributed by atoms with Gasteiger partial charge in [0.05, 0.1) is 6.04 Å². The number of hydrogen-bond acceptors (Lipinski definition) is 4. The molecule has 1 atom stereocenters. The number of tetrazole rings is 1. The smallest absolute Gasteiger partial charge is 0.244 e. The number of rotatable bonds is 6. The highest BCUT2D eigenvalue weighted by Gasteiger charge is 2.19. The van der Waals surface area contributed by atoms with Gasteiger partial charge in [0, 0.05) is 5.56 Å². The predicted octanol–water partition coefficient (Wildman–Crippen LogP) is 3.30. The molecule has 0 saturated heterocycles. The van der Waals surface area contributed by atoms with Gasteiger partial charge in [-0.05, 0) is 47.4 Å². The Morgan fingerprint density at radius 3 is 2.59 bits per heavy atom. The predicted molar refractivity (Wildman–Crippen MR) is 100 cm³/mol. The van der Waals surface area contributed by atoms with Gasteiger partial charge in [0.1, 0.15) is 12.4 Å². The molecule has 3 rings (SSSR count). The number of carbonyl (C=O) groups is 1. The standard InChI is InChI=1S/C20H22FN5O/c1-13(2)19(15-7-5-4-6-8-15)22-18(27)12-26-24-20(23-25-26)16-9-10-17(21)14(3)11-16/h4-11,13,19H,12H2,1-3H3,(H,22,27)/t19-/m1/s1. The van der Waals surface area contributed by atoms with Crippen molar-refractivity contribution in [2.24, 2.45) is 5.92 Å². The topological polar surface area (TPSA) is 72.7 Å². The molecule has 140 valence electrons. The van der Waals surface area contributed by atoms with E-state index in [1.165, 1.54) is 10.9 Å². The maximum Gasteiger partial charge on any atom is 0.244 e. The van der Waals surface area contributed by atoms with Crippen LogP contribution in [0, 0.1) is 18.7 Å². The highest BCUT2D eigenvalue weighted by Crippen LogP contribution is 2.21. The molecule has 0 aliphatic heterocycles. The third kappa shape index (κ3) is 4.55. The van der Waals surface area contributed by atoms with Crippen molar-refractivity contribution >= 4 is 5.91 Å². The van der Waals surface area contributed by atoms with E-state index in [2.05, 4.69) is 34.6 Å². The van der Waals surface area contributed by atoms with Crippen LogP contribution < -0.4 is 5.32 Å². The van der Waals surface area contributed by atoms with E-state index in [1.807, 2.05) is 30.3 Å². The summed E-state index contributed by atoms with van der Waals surface area (Å²) in [4.78, 5) is 13.7. The lowest BCUT2D eigenvalue weighted by molar-refractivity contribution is -0.123. The first-order valence-corrected chi connectivity index (χ1v) is 8.82. The average molecular weight is 367 g/mol. The van der Waals surface area contributed by atoms with E-state index in [-0.39, 0.29) is 30.2 Å². The molecule has 0 aliphatic carbocycles. The normalized spacial score (nSPS) is 12.2. The van der Waals surface area contributed by atoms with Crippen molar-refractivity contribution in [3.8, 4) is 11.4 Å². The number of aromatic nitrogens is 4. The van der Waals surface area contributed by atoms with E-state index in [1.54, 1.807) is 19.1 Å². The number of nitrogens with one attached hydrogen (secondary N) is 1. The molecular weight excluding hydrogens is 345 g/mol. The van der Waals surface area contributed by atoms with Crippen LogP contribution in [0.3, 0.4) is 0 Å². The Kier molecular flexibility index (Phi) is 5.59. The molecule has 0 aliphatic rings. The fourth-order valence-corrected chi connectivity index (χ4v) is 2.85. The molecule has 7 heteroatoms. The van der Waals surface area contributed by atoms with Gasteiger partial charge >= 0.3 is 0 Å². The van der Waals surface area contributed by atoms with E-state index in [4.69, 9.17) is 0 Å². The Morgan fingerprint density at radius 2 is 1.93 bits per heavy atom. The quantitative estimate of drug-likeness (QED) is 0.725. The molecule has 0 fully saturated rings. The molecule has 1 aromatic heterocycles. The summed E-state index contributed by atoms with van der Waals surface area (Å²) in [6.45, 7) is 5.75. The molecule has 0 spiro atoms. The van der Waals surface area contributed by atoms with Crippen LogP contribution in [0.4, 0.5) is 4.39 Å². The zero-order chi connectivity index (χ0) is 19.4. The molecule has 1 N–H and O–H groups in total. The SMILES string of the molecule is Cc1cc(-c2nnn(CC(=O)N[C@@H](c3ccccc3)C(C)C)n2)ccc1F. The van der Waals surface area contributed by atoms with Crippen LogP contribution in [0.15, 0.2) is 48.5 Å². The van der Waals surface area contributed by atoms with E-state index in [0.717, 1.165) is 5.56 Å². The van der Waals surface area contributed by atoms with Gasteiger partial charge in [-0.3, -0.25) is 4.79 Å². The van der Waals surface area contributed by atoms with Crippen LogP contribution in [0.2, 0.25) is 0 Å². The molecule has 6 nitrogen and oxygen atoms in total. The lowest BCUT2D eigenvalue weighted by Gasteiger charge is -2.22.